The molecule has 0 radical (unpaired) electrons. The maximum atomic E-state index is 12.5. The molecule has 1 amide bonds. The highest BCUT2D eigenvalue weighted by molar-refractivity contribution is 7.12. The zero-order chi connectivity index (χ0) is 16.4. The number of nitrogens with zero attached hydrogens (tertiary/aromatic N) is 4. The molecule has 1 aliphatic rings. The SMILES string of the molecule is Cc1ccsc1C(=O)N1CCC(Oc2cc(N(C)C)ncn2)C1. The summed E-state index contributed by atoms with van der Waals surface area (Å²) in [4.78, 5) is 25.4. The molecule has 1 aliphatic heterocycles. The van der Waals surface area contributed by atoms with Crippen molar-refractivity contribution in [2.24, 2.45) is 0 Å². The lowest BCUT2D eigenvalue weighted by molar-refractivity contribution is 0.0775. The number of aromatic nitrogens is 2. The van der Waals surface area contributed by atoms with E-state index in [-0.39, 0.29) is 12.0 Å². The van der Waals surface area contributed by atoms with E-state index in [4.69, 9.17) is 4.74 Å². The monoisotopic (exact) mass is 332 g/mol. The van der Waals surface area contributed by atoms with E-state index in [2.05, 4.69) is 9.97 Å². The van der Waals surface area contributed by atoms with Crippen molar-refractivity contribution in [2.45, 2.75) is 19.4 Å². The second kappa shape index (κ2) is 6.54. The topological polar surface area (TPSA) is 58.6 Å². The molecule has 6 nitrogen and oxygen atoms in total. The quantitative estimate of drug-likeness (QED) is 0.859. The van der Waals surface area contributed by atoms with Gasteiger partial charge in [-0.05, 0) is 23.9 Å². The van der Waals surface area contributed by atoms with Crippen LogP contribution in [0.25, 0.3) is 0 Å². The molecule has 1 unspecified atom stereocenters. The Bertz CT molecular complexity index is 701. The number of amides is 1. The number of carbonyl (C=O) groups is 1. The fourth-order valence-corrected chi connectivity index (χ4v) is 3.45. The predicted molar refractivity (Wildman–Crippen MR) is 90.4 cm³/mol. The van der Waals surface area contributed by atoms with E-state index in [1.54, 1.807) is 0 Å². The van der Waals surface area contributed by atoms with Crippen LogP contribution < -0.4 is 9.64 Å². The molecule has 0 spiro atoms. The molecular formula is C16H20N4O2S. The molecule has 23 heavy (non-hydrogen) atoms. The Labute approximate surface area is 139 Å². The predicted octanol–water partition coefficient (Wildman–Crippen LogP) is 2.21. The molecule has 0 aliphatic carbocycles. The maximum absolute atomic E-state index is 12.5. The molecule has 1 atom stereocenters. The number of hydrogen-bond donors (Lipinski definition) is 0. The molecule has 122 valence electrons. The number of anilines is 1. The zero-order valence-corrected chi connectivity index (χ0v) is 14.3. The number of carbonyl (C=O) groups excluding carboxylic acids is 1. The normalized spacial score (nSPS) is 17.3. The third-order valence-electron chi connectivity index (χ3n) is 3.86. The summed E-state index contributed by atoms with van der Waals surface area (Å²) < 4.78 is 5.93. The highest BCUT2D eigenvalue weighted by atomic mass is 32.1. The third kappa shape index (κ3) is 3.44. The van der Waals surface area contributed by atoms with Gasteiger partial charge in [0.05, 0.1) is 11.4 Å². The van der Waals surface area contributed by atoms with Gasteiger partial charge in [-0.15, -0.1) is 11.3 Å². The van der Waals surface area contributed by atoms with Crippen molar-refractivity contribution >= 4 is 23.1 Å². The number of ether oxygens (including phenoxy) is 1. The Hall–Kier alpha value is -2.15. The summed E-state index contributed by atoms with van der Waals surface area (Å²) in [7, 11) is 3.84. The van der Waals surface area contributed by atoms with Crippen LogP contribution in [0.1, 0.15) is 21.7 Å². The minimum atomic E-state index is -0.0240. The second-order valence-corrected chi connectivity index (χ2v) is 6.74. The molecule has 1 saturated heterocycles. The van der Waals surface area contributed by atoms with Gasteiger partial charge in [-0.1, -0.05) is 0 Å². The summed E-state index contributed by atoms with van der Waals surface area (Å²) in [5.41, 5.74) is 1.04. The van der Waals surface area contributed by atoms with Gasteiger partial charge < -0.3 is 14.5 Å². The molecule has 2 aromatic rings. The minimum absolute atomic E-state index is 0.0240. The highest BCUT2D eigenvalue weighted by Crippen LogP contribution is 2.23. The highest BCUT2D eigenvalue weighted by Gasteiger charge is 2.29. The molecule has 3 heterocycles. The third-order valence-corrected chi connectivity index (χ3v) is 4.87. The van der Waals surface area contributed by atoms with E-state index in [9.17, 15) is 4.79 Å². The average Bonchev–Trinajstić information content (AvgIpc) is 3.16. The number of rotatable bonds is 4. The van der Waals surface area contributed by atoms with Gasteiger partial charge in [0.15, 0.2) is 0 Å². The Morgan fingerprint density at radius 3 is 2.96 bits per heavy atom. The standard InChI is InChI=1S/C16H20N4O2S/c1-11-5-7-23-15(11)16(21)20-6-4-12(9-20)22-14-8-13(19(2)3)17-10-18-14/h5,7-8,10,12H,4,6,9H2,1-3H3. The van der Waals surface area contributed by atoms with Crippen molar-refractivity contribution in [1.82, 2.24) is 14.9 Å². The molecule has 0 saturated carbocycles. The first-order valence-corrected chi connectivity index (χ1v) is 8.42. The van der Waals surface area contributed by atoms with Gasteiger partial charge in [0.25, 0.3) is 5.91 Å². The molecule has 0 aromatic carbocycles. The van der Waals surface area contributed by atoms with Crippen LogP contribution >= 0.6 is 11.3 Å². The fraction of sp³-hybridized carbons (Fsp3) is 0.438. The molecule has 3 rings (SSSR count). The van der Waals surface area contributed by atoms with Crippen molar-refractivity contribution in [2.75, 3.05) is 32.1 Å². The molecule has 0 bridgehead atoms. The molecule has 1 fully saturated rings. The van der Waals surface area contributed by atoms with E-state index >= 15 is 0 Å². The van der Waals surface area contributed by atoms with Crippen LogP contribution in [0, 0.1) is 6.92 Å². The number of aryl methyl sites for hydroxylation is 1. The van der Waals surface area contributed by atoms with Crippen LogP contribution in [0.3, 0.4) is 0 Å². The molecule has 7 heteroatoms. The summed E-state index contributed by atoms with van der Waals surface area (Å²) in [5.74, 6) is 1.45. The average molecular weight is 332 g/mol. The fourth-order valence-electron chi connectivity index (χ4n) is 2.55. The largest absolute Gasteiger partial charge is 0.472 e. The van der Waals surface area contributed by atoms with Crippen LogP contribution in [-0.2, 0) is 0 Å². The Kier molecular flexibility index (Phi) is 4.47. The lowest BCUT2D eigenvalue weighted by Gasteiger charge is -2.17. The van der Waals surface area contributed by atoms with E-state index < -0.39 is 0 Å². The van der Waals surface area contributed by atoms with Crippen molar-refractivity contribution < 1.29 is 9.53 Å². The van der Waals surface area contributed by atoms with E-state index in [0.717, 1.165) is 22.7 Å². The number of likely N-dealkylation sites (tertiary alicyclic amines) is 1. The van der Waals surface area contributed by atoms with Crippen LogP contribution in [0.2, 0.25) is 0 Å². The van der Waals surface area contributed by atoms with Crippen LogP contribution in [-0.4, -0.2) is 54.1 Å². The summed E-state index contributed by atoms with van der Waals surface area (Å²) in [6, 6.07) is 3.79. The van der Waals surface area contributed by atoms with Crippen LogP contribution in [0.15, 0.2) is 23.8 Å². The van der Waals surface area contributed by atoms with Crippen LogP contribution in [0.5, 0.6) is 5.88 Å². The summed E-state index contributed by atoms with van der Waals surface area (Å²) >= 11 is 1.50. The number of hydrogen-bond acceptors (Lipinski definition) is 6. The maximum Gasteiger partial charge on any atom is 0.264 e. The van der Waals surface area contributed by atoms with Crippen molar-refractivity contribution in [3.8, 4) is 5.88 Å². The first kappa shape index (κ1) is 15.7. The molecule has 2 aromatic heterocycles. The van der Waals surface area contributed by atoms with Crippen molar-refractivity contribution in [3.05, 3.63) is 34.3 Å². The van der Waals surface area contributed by atoms with E-state index in [1.807, 2.05) is 48.3 Å². The van der Waals surface area contributed by atoms with Gasteiger partial charge in [-0.2, -0.15) is 0 Å². The van der Waals surface area contributed by atoms with Gasteiger partial charge in [0, 0.05) is 33.1 Å². The number of thiophene rings is 1. The molecule has 0 N–H and O–H groups in total. The summed E-state index contributed by atoms with van der Waals surface area (Å²) in [6.45, 7) is 3.28. The van der Waals surface area contributed by atoms with Crippen molar-refractivity contribution in [1.29, 1.82) is 0 Å². The first-order valence-electron chi connectivity index (χ1n) is 7.54. The van der Waals surface area contributed by atoms with Crippen molar-refractivity contribution in [3.63, 3.8) is 0 Å². The van der Waals surface area contributed by atoms with Gasteiger partial charge >= 0.3 is 0 Å². The van der Waals surface area contributed by atoms with E-state index in [1.165, 1.54) is 17.7 Å². The van der Waals surface area contributed by atoms with Gasteiger partial charge in [-0.25, -0.2) is 9.97 Å². The first-order chi connectivity index (χ1) is 11.0. The second-order valence-electron chi connectivity index (χ2n) is 5.82. The Morgan fingerprint density at radius 2 is 2.26 bits per heavy atom. The Morgan fingerprint density at radius 1 is 1.43 bits per heavy atom. The smallest absolute Gasteiger partial charge is 0.264 e. The minimum Gasteiger partial charge on any atom is -0.472 e. The van der Waals surface area contributed by atoms with Gasteiger partial charge in [-0.3, -0.25) is 4.79 Å². The van der Waals surface area contributed by atoms with Gasteiger partial charge in [0.1, 0.15) is 18.2 Å². The summed E-state index contributed by atoms with van der Waals surface area (Å²) in [6.07, 6.45) is 2.29. The zero-order valence-electron chi connectivity index (χ0n) is 13.5. The van der Waals surface area contributed by atoms with Gasteiger partial charge in [0.2, 0.25) is 5.88 Å². The Balaban J connectivity index is 1.63. The summed E-state index contributed by atoms with van der Waals surface area (Å²) in [5, 5.41) is 1.95. The van der Waals surface area contributed by atoms with Crippen LogP contribution in [0.4, 0.5) is 5.82 Å². The lowest BCUT2D eigenvalue weighted by atomic mass is 10.3. The lowest BCUT2D eigenvalue weighted by Crippen LogP contribution is -2.30. The molecular weight excluding hydrogens is 312 g/mol. The van der Waals surface area contributed by atoms with E-state index in [0.29, 0.717) is 19.0 Å².